The normalized spacial score (nSPS) is 15.0. The van der Waals surface area contributed by atoms with E-state index >= 15 is 0 Å². The van der Waals surface area contributed by atoms with Crippen molar-refractivity contribution >= 4 is 28.4 Å². The van der Waals surface area contributed by atoms with Gasteiger partial charge in [0.2, 0.25) is 5.91 Å². The van der Waals surface area contributed by atoms with Crippen LogP contribution in [0.4, 0.5) is 0 Å². The van der Waals surface area contributed by atoms with E-state index in [1.165, 1.54) is 10.7 Å². The molecule has 9 heteroatoms. The maximum atomic E-state index is 13.0. The lowest BCUT2D eigenvalue weighted by atomic mass is 10.2. The van der Waals surface area contributed by atoms with Gasteiger partial charge < -0.3 is 14.4 Å². The Kier molecular flexibility index (Phi) is 6.02. The Balaban J connectivity index is 1.55. The molecular formula is C22H26ClN5O3. The summed E-state index contributed by atoms with van der Waals surface area (Å²) in [7, 11) is 2.05. The van der Waals surface area contributed by atoms with Crippen LogP contribution in [0.5, 0.6) is 0 Å². The number of H-pyrrole nitrogens is 1. The number of amides is 1. The van der Waals surface area contributed by atoms with Crippen molar-refractivity contribution < 1.29 is 4.79 Å². The van der Waals surface area contributed by atoms with E-state index < -0.39 is 0 Å². The van der Waals surface area contributed by atoms with Gasteiger partial charge in [-0.1, -0.05) is 17.7 Å². The first-order valence-corrected chi connectivity index (χ1v) is 10.8. The molecule has 1 aliphatic rings. The topological polar surface area (TPSA) is 83.3 Å². The van der Waals surface area contributed by atoms with Crippen LogP contribution in [0, 0.1) is 6.92 Å². The molecule has 3 aromatic rings. The van der Waals surface area contributed by atoms with E-state index in [0.717, 1.165) is 26.2 Å². The Morgan fingerprint density at radius 2 is 1.87 bits per heavy atom. The predicted octanol–water partition coefficient (Wildman–Crippen LogP) is 2.00. The van der Waals surface area contributed by atoms with Crippen molar-refractivity contribution in [3.8, 4) is 5.69 Å². The standard InChI is InChI=1S/C22H26ClN5O3/c1-15-21-18(24-28(22(21)31)17-6-3-5-16(23)13-17)14-20(30)27(15)8-4-7-19(29)26-11-9-25(2)10-12-26/h3,5-6,13-14,24H,4,7-12H2,1-2H3. The van der Waals surface area contributed by atoms with Gasteiger partial charge in [-0.25, -0.2) is 4.68 Å². The number of halogens is 1. The molecule has 0 saturated carbocycles. The number of hydrogen-bond donors (Lipinski definition) is 1. The summed E-state index contributed by atoms with van der Waals surface area (Å²) in [6, 6.07) is 8.39. The third-order valence-corrected chi connectivity index (χ3v) is 6.15. The maximum Gasteiger partial charge on any atom is 0.280 e. The smallest absolute Gasteiger partial charge is 0.280 e. The van der Waals surface area contributed by atoms with E-state index in [4.69, 9.17) is 11.6 Å². The molecule has 1 aromatic carbocycles. The van der Waals surface area contributed by atoms with Gasteiger partial charge in [-0.05, 0) is 38.6 Å². The number of rotatable bonds is 5. The van der Waals surface area contributed by atoms with Crippen LogP contribution < -0.4 is 11.1 Å². The predicted molar refractivity (Wildman–Crippen MR) is 121 cm³/mol. The Morgan fingerprint density at radius 1 is 1.13 bits per heavy atom. The highest BCUT2D eigenvalue weighted by Crippen LogP contribution is 2.17. The quantitative estimate of drug-likeness (QED) is 0.653. The monoisotopic (exact) mass is 443 g/mol. The van der Waals surface area contributed by atoms with E-state index in [-0.39, 0.29) is 17.0 Å². The summed E-state index contributed by atoms with van der Waals surface area (Å²) in [5, 5.41) is 3.99. The molecule has 2 aromatic heterocycles. The number of nitrogens with one attached hydrogen (secondary N) is 1. The van der Waals surface area contributed by atoms with Crippen molar-refractivity contribution in [3.05, 3.63) is 61.8 Å². The molecule has 1 aliphatic heterocycles. The van der Waals surface area contributed by atoms with Crippen LogP contribution >= 0.6 is 11.6 Å². The number of benzene rings is 1. The zero-order chi connectivity index (χ0) is 22.1. The number of aromatic nitrogens is 3. The van der Waals surface area contributed by atoms with Crippen LogP contribution in [-0.4, -0.2) is 63.3 Å². The van der Waals surface area contributed by atoms with Gasteiger partial charge >= 0.3 is 0 Å². The highest BCUT2D eigenvalue weighted by molar-refractivity contribution is 6.30. The van der Waals surface area contributed by atoms with Crippen LogP contribution in [0.1, 0.15) is 18.5 Å². The maximum absolute atomic E-state index is 13.0. The summed E-state index contributed by atoms with van der Waals surface area (Å²) in [6.07, 6.45) is 0.928. The van der Waals surface area contributed by atoms with Crippen molar-refractivity contribution in [3.63, 3.8) is 0 Å². The zero-order valence-corrected chi connectivity index (χ0v) is 18.5. The minimum Gasteiger partial charge on any atom is -0.340 e. The average Bonchev–Trinajstić information content (AvgIpc) is 3.07. The van der Waals surface area contributed by atoms with Crippen LogP contribution in [0.3, 0.4) is 0 Å². The Labute approximate surface area is 184 Å². The number of aromatic amines is 1. The molecule has 3 heterocycles. The number of pyridine rings is 1. The Morgan fingerprint density at radius 3 is 2.58 bits per heavy atom. The summed E-state index contributed by atoms with van der Waals surface area (Å²) < 4.78 is 2.97. The molecule has 0 aliphatic carbocycles. The van der Waals surface area contributed by atoms with Crippen molar-refractivity contribution in [2.75, 3.05) is 33.2 Å². The number of piperazine rings is 1. The molecule has 0 spiro atoms. The van der Waals surface area contributed by atoms with Gasteiger partial charge in [-0.2, -0.15) is 0 Å². The minimum atomic E-state index is -0.239. The molecule has 0 unspecified atom stereocenters. The summed E-state index contributed by atoms with van der Waals surface area (Å²) in [5.41, 5.74) is 1.24. The Hall–Kier alpha value is -2.84. The summed E-state index contributed by atoms with van der Waals surface area (Å²) in [4.78, 5) is 42.3. The first-order chi connectivity index (χ1) is 14.8. The lowest BCUT2D eigenvalue weighted by Crippen LogP contribution is -2.47. The fourth-order valence-corrected chi connectivity index (χ4v) is 4.27. The van der Waals surface area contributed by atoms with Crippen LogP contribution in [-0.2, 0) is 11.3 Å². The number of nitrogens with zero attached hydrogens (tertiary/aromatic N) is 4. The van der Waals surface area contributed by atoms with E-state index in [1.54, 1.807) is 35.8 Å². The van der Waals surface area contributed by atoms with Gasteiger partial charge in [0.1, 0.15) is 0 Å². The van der Waals surface area contributed by atoms with E-state index in [0.29, 0.717) is 46.7 Å². The molecule has 1 N–H and O–H groups in total. The second-order valence-corrected chi connectivity index (χ2v) is 8.46. The fourth-order valence-electron chi connectivity index (χ4n) is 4.09. The second kappa shape index (κ2) is 8.72. The van der Waals surface area contributed by atoms with Gasteiger partial charge in [0, 0.05) is 55.9 Å². The highest BCUT2D eigenvalue weighted by atomic mass is 35.5. The van der Waals surface area contributed by atoms with Crippen molar-refractivity contribution in [2.45, 2.75) is 26.3 Å². The van der Waals surface area contributed by atoms with Crippen molar-refractivity contribution in [1.82, 2.24) is 24.1 Å². The SMILES string of the molecule is Cc1c2c(=O)n(-c3cccc(Cl)c3)[nH]c2cc(=O)n1CCCC(=O)N1CCN(C)CC1. The summed E-state index contributed by atoms with van der Waals surface area (Å²) >= 11 is 6.06. The van der Waals surface area contributed by atoms with E-state index in [2.05, 4.69) is 17.0 Å². The van der Waals surface area contributed by atoms with Gasteiger partial charge in [0.05, 0.1) is 16.6 Å². The first-order valence-electron chi connectivity index (χ1n) is 10.4. The molecule has 1 amide bonds. The molecule has 1 fully saturated rings. The van der Waals surface area contributed by atoms with E-state index in [9.17, 15) is 14.4 Å². The molecular weight excluding hydrogens is 418 g/mol. The average molecular weight is 444 g/mol. The van der Waals surface area contributed by atoms with Crippen LogP contribution in [0.15, 0.2) is 39.9 Å². The molecule has 0 radical (unpaired) electrons. The number of hydrogen-bond acceptors (Lipinski definition) is 4. The fraction of sp³-hybridized carbons (Fsp3) is 0.409. The molecule has 1 saturated heterocycles. The molecule has 164 valence electrons. The molecule has 0 atom stereocenters. The highest BCUT2D eigenvalue weighted by Gasteiger charge is 2.19. The largest absolute Gasteiger partial charge is 0.340 e. The van der Waals surface area contributed by atoms with Crippen LogP contribution in [0.2, 0.25) is 5.02 Å². The minimum absolute atomic E-state index is 0.116. The second-order valence-electron chi connectivity index (χ2n) is 8.03. The van der Waals surface area contributed by atoms with Gasteiger partial charge in [0.25, 0.3) is 11.1 Å². The lowest BCUT2D eigenvalue weighted by molar-refractivity contribution is -0.132. The third-order valence-electron chi connectivity index (χ3n) is 5.91. The number of carbonyl (C=O) groups excluding carboxylic acids is 1. The van der Waals surface area contributed by atoms with Crippen molar-refractivity contribution in [2.24, 2.45) is 0 Å². The molecule has 0 bridgehead atoms. The van der Waals surface area contributed by atoms with Gasteiger partial charge in [-0.15, -0.1) is 0 Å². The number of likely N-dealkylation sites (N-methyl/N-ethyl adjacent to an activating group) is 1. The molecule has 4 rings (SSSR count). The lowest BCUT2D eigenvalue weighted by Gasteiger charge is -2.32. The molecule has 8 nitrogen and oxygen atoms in total. The molecule has 31 heavy (non-hydrogen) atoms. The van der Waals surface area contributed by atoms with Gasteiger partial charge in [0.15, 0.2) is 0 Å². The van der Waals surface area contributed by atoms with Gasteiger partial charge in [-0.3, -0.25) is 19.5 Å². The Bertz CT molecular complexity index is 1230. The summed E-state index contributed by atoms with van der Waals surface area (Å²) in [5.74, 6) is 0.116. The number of aryl methyl sites for hydroxylation is 1. The van der Waals surface area contributed by atoms with E-state index in [1.807, 2.05) is 4.90 Å². The third kappa shape index (κ3) is 4.31. The zero-order valence-electron chi connectivity index (χ0n) is 17.7. The number of fused-ring (bicyclic) bond motifs is 1. The number of carbonyl (C=O) groups is 1. The van der Waals surface area contributed by atoms with Crippen molar-refractivity contribution in [1.29, 1.82) is 0 Å². The first kappa shape index (κ1) is 21.4. The van der Waals surface area contributed by atoms with Crippen LogP contribution in [0.25, 0.3) is 16.6 Å². The summed E-state index contributed by atoms with van der Waals surface area (Å²) in [6.45, 7) is 5.41.